The molecule has 0 fully saturated rings. The second-order valence-electron chi connectivity index (χ2n) is 2.33. The van der Waals surface area contributed by atoms with Crippen LogP contribution in [0.15, 0.2) is 10.9 Å². The third-order valence-electron chi connectivity index (χ3n) is 1.87. The molecule has 0 aliphatic rings. The van der Waals surface area contributed by atoms with E-state index in [1.165, 1.54) is 10.9 Å². The Morgan fingerprint density at radius 1 is 0.909 bits per heavy atom. The smallest absolute Gasteiger partial charge is 0.119 e. The summed E-state index contributed by atoms with van der Waals surface area (Å²) in [5, 5.41) is 0. The van der Waals surface area contributed by atoms with Crippen LogP contribution in [-0.2, 0) is 32.7 Å². The van der Waals surface area contributed by atoms with E-state index in [1.54, 1.807) is 0 Å². The van der Waals surface area contributed by atoms with Crippen molar-refractivity contribution in [2.75, 3.05) is 0 Å². The van der Waals surface area contributed by atoms with Gasteiger partial charge < -0.3 is 0 Å². The normalized spacial score (nSPS) is 11.3. The molecule has 0 aliphatic heterocycles. The van der Waals surface area contributed by atoms with Gasteiger partial charge in [-0.15, -0.1) is 10.9 Å². The van der Waals surface area contributed by atoms with Crippen LogP contribution in [0.2, 0.25) is 13.6 Å². The van der Waals surface area contributed by atoms with E-state index < -0.39 is 0 Å². The zero-order valence-corrected chi connectivity index (χ0v) is 11.0. The first-order valence-electron chi connectivity index (χ1n) is 4.10. The van der Waals surface area contributed by atoms with E-state index in [9.17, 15) is 0 Å². The first-order chi connectivity index (χ1) is 4.79. The van der Waals surface area contributed by atoms with Gasteiger partial charge in [-0.25, -0.2) is 0 Å². The Bertz CT molecular complexity index is 95.3. The third-order valence-corrected chi connectivity index (χ3v) is 1.87. The molecule has 0 N–H and O–H groups in total. The van der Waals surface area contributed by atoms with Crippen LogP contribution >= 0.6 is 0 Å². The molecule has 0 spiro atoms. The fourth-order valence-electron chi connectivity index (χ4n) is 1.23. The summed E-state index contributed by atoms with van der Waals surface area (Å²) in [6.07, 6.45) is 2.31. The minimum absolute atomic E-state index is 0. The maximum atomic E-state index is 2.21. The predicted octanol–water partition coefficient (Wildman–Crippen LogP) is 2.52. The van der Waals surface area contributed by atoms with Gasteiger partial charge in [0.15, 0.2) is 0 Å². The van der Waals surface area contributed by atoms with E-state index in [-0.39, 0.29) is 32.7 Å². The van der Waals surface area contributed by atoms with Gasteiger partial charge in [0.1, 0.15) is 14.6 Å². The van der Waals surface area contributed by atoms with Crippen LogP contribution in [-0.4, -0.2) is 14.6 Å². The standard InChI is InChI=1S/C8H16B2.Y/c1-5-7(9-3)8(6-2)10-4;/h5-6H2,1-4H3;/b8-7-;. The van der Waals surface area contributed by atoms with E-state index >= 15 is 0 Å². The van der Waals surface area contributed by atoms with Gasteiger partial charge in [0, 0.05) is 32.7 Å². The molecule has 0 unspecified atom stereocenters. The Morgan fingerprint density at radius 2 is 1.18 bits per heavy atom. The van der Waals surface area contributed by atoms with Crippen LogP contribution in [0.3, 0.4) is 0 Å². The molecule has 0 rings (SSSR count). The van der Waals surface area contributed by atoms with Crippen LogP contribution in [0.5, 0.6) is 0 Å². The van der Waals surface area contributed by atoms with Crippen LogP contribution < -0.4 is 0 Å². The van der Waals surface area contributed by atoms with Gasteiger partial charge >= 0.3 is 0 Å². The maximum absolute atomic E-state index is 2.21. The number of hydrogen-bond acceptors (Lipinski definition) is 0. The van der Waals surface area contributed by atoms with E-state index in [0.717, 1.165) is 12.8 Å². The van der Waals surface area contributed by atoms with E-state index in [2.05, 4.69) is 42.1 Å². The van der Waals surface area contributed by atoms with Crippen molar-refractivity contribution in [3.8, 4) is 0 Å². The van der Waals surface area contributed by atoms with Crippen molar-refractivity contribution < 1.29 is 32.7 Å². The molecule has 0 amide bonds. The summed E-state index contributed by atoms with van der Waals surface area (Å²) in [7, 11) is 4.41. The van der Waals surface area contributed by atoms with Gasteiger partial charge in [-0.3, -0.25) is 0 Å². The first-order valence-corrected chi connectivity index (χ1v) is 4.10. The topological polar surface area (TPSA) is 0 Å². The van der Waals surface area contributed by atoms with Crippen LogP contribution in [0.4, 0.5) is 0 Å². The summed E-state index contributed by atoms with van der Waals surface area (Å²) in [6, 6.07) is 0. The molecule has 0 heterocycles. The monoisotopic (exact) mass is 223 g/mol. The zero-order valence-electron chi connectivity index (χ0n) is 8.15. The fourth-order valence-corrected chi connectivity index (χ4v) is 1.23. The van der Waals surface area contributed by atoms with Crippen LogP contribution in [0.25, 0.3) is 0 Å². The quantitative estimate of drug-likeness (QED) is 0.642. The summed E-state index contributed by atoms with van der Waals surface area (Å²) in [5.74, 6) is 0. The Hall–Kier alpha value is 0.974. The molecular weight excluding hydrogens is 207 g/mol. The van der Waals surface area contributed by atoms with Crippen molar-refractivity contribution in [1.29, 1.82) is 0 Å². The van der Waals surface area contributed by atoms with E-state index in [0.29, 0.717) is 0 Å². The summed E-state index contributed by atoms with van der Waals surface area (Å²) in [5.41, 5.74) is 2.98. The van der Waals surface area contributed by atoms with E-state index in [1.807, 2.05) is 0 Å². The molecule has 3 radical (unpaired) electrons. The van der Waals surface area contributed by atoms with Gasteiger partial charge in [-0.1, -0.05) is 27.5 Å². The van der Waals surface area contributed by atoms with Crippen LogP contribution in [0, 0.1) is 0 Å². The molecule has 0 aliphatic carbocycles. The van der Waals surface area contributed by atoms with Crippen molar-refractivity contribution in [2.24, 2.45) is 0 Å². The molecule has 0 nitrogen and oxygen atoms in total. The Morgan fingerprint density at radius 3 is 1.27 bits per heavy atom. The summed E-state index contributed by atoms with van der Waals surface area (Å²) < 4.78 is 0. The molecule has 11 heavy (non-hydrogen) atoms. The molecule has 0 aromatic rings. The molecule has 0 aromatic carbocycles. The van der Waals surface area contributed by atoms with Crippen molar-refractivity contribution >= 4 is 14.6 Å². The molecule has 0 aromatic heterocycles. The second kappa shape index (κ2) is 9.06. The number of hydrogen-bond donors (Lipinski definition) is 0. The van der Waals surface area contributed by atoms with Crippen LogP contribution in [0.1, 0.15) is 26.7 Å². The molecule has 0 bridgehead atoms. The van der Waals surface area contributed by atoms with E-state index in [4.69, 9.17) is 0 Å². The van der Waals surface area contributed by atoms with Gasteiger partial charge in [0.05, 0.1) is 0 Å². The molecule has 3 heteroatoms. The maximum Gasteiger partial charge on any atom is 0.141 e. The Labute approximate surface area is 98.0 Å². The fraction of sp³-hybridized carbons (Fsp3) is 0.750. The second-order valence-corrected chi connectivity index (χ2v) is 2.33. The molecule has 0 atom stereocenters. The van der Waals surface area contributed by atoms with Gasteiger partial charge in [-0.05, 0) is 12.8 Å². The Balaban J connectivity index is 0. The Kier molecular flexibility index (Phi) is 11.9. The van der Waals surface area contributed by atoms with Crippen molar-refractivity contribution in [3.05, 3.63) is 10.9 Å². The third kappa shape index (κ3) is 5.25. The molecule has 0 saturated carbocycles. The first kappa shape index (κ1) is 14.5. The summed E-state index contributed by atoms with van der Waals surface area (Å²) >= 11 is 0. The molecule has 57 valence electrons. The predicted molar refractivity (Wildman–Crippen MR) is 50.8 cm³/mol. The average molecular weight is 223 g/mol. The average Bonchev–Trinajstić information content (AvgIpc) is 2.00. The summed E-state index contributed by atoms with van der Waals surface area (Å²) in [6.45, 7) is 8.62. The zero-order chi connectivity index (χ0) is 7.98. The number of allylic oxidation sites excluding steroid dienone is 2. The molecular formula is C8H16B2Y. The van der Waals surface area contributed by atoms with Crippen molar-refractivity contribution in [2.45, 2.75) is 40.3 Å². The van der Waals surface area contributed by atoms with Gasteiger partial charge in [0.25, 0.3) is 0 Å². The summed E-state index contributed by atoms with van der Waals surface area (Å²) in [4.78, 5) is 0. The minimum atomic E-state index is 0. The minimum Gasteiger partial charge on any atom is -0.119 e. The van der Waals surface area contributed by atoms with Crippen molar-refractivity contribution in [3.63, 3.8) is 0 Å². The molecule has 0 saturated heterocycles. The largest absolute Gasteiger partial charge is 0.141 e. The van der Waals surface area contributed by atoms with Gasteiger partial charge in [0.2, 0.25) is 0 Å². The SMILES string of the molecule is C[B]/C(CC)=C(\[B]C)CC.[Y]. The van der Waals surface area contributed by atoms with Crippen molar-refractivity contribution in [1.82, 2.24) is 0 Å². The number of rotatable bonds is 4. The van der Waals surface area contributed by atoms with Gasteiger partial charge in [-0.2, -0.15) is 0 Å².